The standard InChI is InChI=1S/C13H14BrN3O/c1-9-5-11(3-4-12(9)14)13(18)15-6-10-7-16-17(2)8-10/h3-5,7-8H,6H2,1-2H3,(H,15,18). The van der Waals surface area contributed by atoms with E-state index >= 15 is 0 Å². The molecule has 0 aliphatic rings. The molecule has 2 aromatic rings. The number of hydrogen-bond donors (Lipinski definition) is 1. The van der Waals surface area contributed by atoms with Crippen LogP contribution in [-0.4, -0.2) is 15.7 Å². The molecule has 0 aliphatic heterocycles. The highest BCUT2D eigenvalue weighted by Crippen LogP contribution is 2.17. The molecule has 1 aromatic carbocycles. The number of carbonyl (C=O) groups is 1. The van der Waals surface area contributed by atoms with Crippen LogP contribution in [0.1, 0.15) is 21.5 Å². The van der Waals surface area contributed by atoms with Crippen LogP contribution in [0, 0.1) is 6.92 Å². The Labute approximate surface area is 114 Å². The Morgan fingerprint density at radius 2 is 2.28 bits per heavy atom. The van der Waals surface area contributed by atoms with Gasteiger partial charge in [-0.25, -0.2) is 0 Å². The summed E-state index contributed by atoms with van der Waals surface area (Å²) in [5.74, 6) is -0.0746. The maximum Gasteiger partial charge on any atom is 0.251 e. The Balaban J connectivity index is 2.01. The van der Waals surface area contributed by atoms with Gasteiger partial charge in [0.05, 0.1) is 6.20 Å². The van der Waals surface area contributed by atoms with E-state index in [9.17, 15) is 4.79 Å². The highest BCUT2D eigenvalue weighted by atomic mass is 79.9. The van der Waals surface area contributed by atoms with Crippen molar-refractivity contribution in [2.24, 2.45) is 7.05 Å². The molecule has 4 nitrogen and oxygen atoms in total. The lowest BCUT2D eigenvalue weighted by Gasteiger charge is -2.05. The molecule has 2 rings (SSSR count). The average molecular weight is 308 g/mol. The second-order valence-corrected chi connectivity index (χ2v) is 5.02. The summed E-state index contributed by atoms with van der Waals surface area (Å²) in [7, 11) is 1.85. The first-order valence-electron chi connectivity index (χ1n) is 5.58. The molecule has 0 radical (unpaired) electrons. The third kappa shape index (κ3) is 2.98. The van der Waals surface area contributed by atoms with Crippen LogP contribution in [0.2, 0.25) is 0 Å². The van der Waals surface area contributed by atoms with Crippen LogP contribution >= 0.6 is 15.9 Å². The molecule has 0 saturated carbocycles. The summed E-state index contributed by atoms with van der Waals surface area (Å²) in [4.78, 5) is 11.9. The topological polar surface area (TPSA) is 46.9 Å². The Morgan fingerprint density at radius 3 is 2.89 bits per heavy atom. The van der Waals surface area contributed by atoms with Gasteiger partial charge in [-0.1, -0.05) is 15.9 Å². The Kier molecular flexibility index (Phi) is 3.81. The third-order valence-electron chi connectivity index (χ3n) is 2.63. The molecule has 0 atom stereocenters. The smallest absolute Gasteiger partial charge is 0.251 e. The summed E-state index contributed by atoms with van der Waals surface area (Å²) in [6.07, 6.45) is 3.63. The lowest BCUT2D eigenvalue weighted by molar-refractivity contribution is 0.0951. The molecule has 5 heteroatoms. The number of rotatable bonds is 3. The molecule has 0 aliphatic carbocycles. The maximum atomic E-state index is 11.9. The van der Waals surface area contributed by atoms with Gasteiger partial charge in [-0.05, 0) is 30.7 Å². The van der Waals surface area contributed by atoms with E-state index in [0.717, 1.165) is 15.6 Å². The Morgan fingerprint density at radius 1 is 1.50 bits per heavy atom. The third-order valence-corrected chi connectivity index (χ3v) is 3.52. The van der Waals surface area contributed by atoms with Crippen molar-refractivity contribution in [2.45, 2.75) is 13.5 Å². The summed E-state index contributed by atoms with van der Waals surface area (Å²) >= 11 is 3.41. The predicted octanol–water partition coefficient (Wildman–Crippen LogP) is 2.42. The minimum atomic E-state index is -0.0746. The van der Waals surface area contributed by atoms with Crippen LogP contribution < -0.4 is 5.32 Å². The molecule has 0 spiro atoms. The molecule has 1 amide bonds. The van der Waals surface area contributed by atoms with Crippen molar-refractivity contribution in [3.8, 4) is 0 Å². The summed E-state index contributed by atoms with van der Waals surface area (Å²) in [5, 5.41) is 6.92. The summed E-state index contributed by atoms with van der Waals surface area (Å²) in [6.45, 7) is 2.45. The lowest BCUT2D eigenvalue weighted by atomic mass is 10.1. The largest absolute Gasteiger partial charge is 0.348 e. The zero-order chi connectivity index (χ0) is 13.1. The molecular formula is C13H14BrN3O. The first kappa shape index (κ1) is 12.8. The fourth-order valence-corrected chi connectivity index (χ4v) is 1.88. The number of nitrogens with one attached hydrogen (secondary N) is 1. The van der Waals surface area contributed by atoms with Crippen molar-refractivity contribution in [1.29, 1.82) is 0 Å². The van der Waals surface area contributed by atoms with Crippen LogP contribution in [0.15, 0.2) is 35.1 Å². The molecule has 0 bridgehead atoms. The van der Waals surface area contributed by atoms with Gasteiger partial charge in [0.1, 0.15) is 0 Å². The van der Waals surface area contributed by atoms with Gasteiger partial charge >= 0.3 is 0 Å². The van der Waals surface area contributed by atoms with E-state index in [-0.39, 0.29) is 5.91 Å². The number of aromatic nitrogens is 2. The Bertz CT molecular complexity index is 577. The number of carbonyl (C=O) groups excluding carboxylic acids is 1. The number of hydrogen-bond acceptors (Lipinski definition) is 2. The zero-order valence-electron chi connectivity index (χ0n) is 10.3. The fraction of sp³-hybridized carbons (Fsp3) is 0.231. The van der Waals surface area contributed by atoms with Gasteiger partial charge in [0, 0.05) is 35.4 Å². The first-order valence-corrected chi connectivity index (χ1v) is 6.37. The van der Waals surface area contributed by atoms with E-state index < -0.39 is 0 Å². The molecule has 1 aromatic heterocycles. The molecule has 0 saturated heterocycles. The molecular weight excluding hydrogens is 294 g/mol. The van der Waals surface area contributed by atoms with Crippen molar-refractivity contribution < 1.29 is 4.79 Å². The van der Waals surface area contributed by atoms with E-state index in [4.69, 9.17) is 0 Å². The minimum absolute atomic E-state index is 0.0746. The molecule has 18 heavy (non-hydrogen) atoms. The van der Waals surface area contributed by atoms with Crippen molar-refractivity contribution in [2.75, 3.05) is 0 Å². The number of nitrogens with zero attached hydrogens (tertiary/aromatic N) is 2. The van der Waals surface area contributed by atoms with Gasteiger partial charge < -0.3 is 5.32 Å². The monoisotopic (exact) mass is 307 g/mol. The summed E-state index contributed by atoms with van der Waals surface area (Å²) < 4.78 is 2.72. The van der Waals surface area contributed by atoms with Crippen LogP contribution in [0.3, 0.4) is 0 Å². The quantitative estimate of drug-likeness (QED) is 0.946. The van der Waals surface area contributed by atoms with Gasteiger partial charge in [-0.3, -0.25) is 9.48 Å². The fourth-order valence-electron chi connectivity index (χ4n) is 1.63. The van der Waals surface area contributed by atoms with Crippen LogP contribution in [0.25, 0.3) is 0 Å². The van der Waals surface area contributed by atoms with Gasteiger partial charge in [0.15, 0.2) is 0 Å². The van der Waals surface area contributed by atoms with Gasteiger partial charge in [-0.15, -0.1) is 0 Å². The van der Waals surface area contributed by atoms with Gasteiger partial charge in [0.2, 0.25) is 0 Å². The average Bonchev–Trinajstić information content (AvgIpc) is 2.75. The van der Waals surface area contributed by atoms with Crippen molar-refractivity contribution >= 4 is 21.8 Å². The van der Waals surface area contributed by atoms with Crippen LogP contribution in [0.4, 0.5) is 0 Å². The number of benzene rings is 1. The van der Waals surface area contributed by atoms with Crippen molar-refractivity contribution in [3.63, 3.8) is 0 Å². The van der Waals surface area contributed by atoms with Gasteiger partial charge in [0.25, 0.3) is 5.91 Å². The molecule has 1 N–H and O–H groups in total. The maximum absolute atomic E-state index is 11.9. The Hall–Kier alpha value is -1.62. The van der Waals surface area contributed by atoms with E-state index in [1.165, 1.54) is 0 Å². The number of halogens is 1. The summed E-state index contributed by atoms with van der Waals surface area (Å²) in [6, 6.07) is 5.55. The van der Waals surface area contributed by atoms with E-state index in [1.54, 1.807) is 16.9 Å². The van der Waals surface area contributed by atoms with Crippen molar-refractivity contribution in [3.05, 3.63) is 51.8 Å². The second-order valence-electron chi connectivity index (χ2n) is 4.17. The molecule has 0 unspecified atom stereocenters. The molecule has 94 valence electrons. The van der Waals surface area contributed by atoms with E-state index in [0.29, 0.717) is 12.1 Å². The van der Waals surface area contributed by atoms with Crippen LogP contribution in [-0.2, 0) is 13.6 Å². The zero-order valence-corrected chi connectivity index (χ0v) is 11.9. The lowest BCUT2D eigenvalue weighted by Crippen LogP contribution is -2.22. The highest BCUT2D eigenvalue weighted by molar-refractivity contribution is 9.10. The van der Waals surface area contributed by atoms with Gasteiger partial charge in [-0.2, -0.15) is 5.10 Å². The molecule has 0 fully saturated rings. The van der Waals surface area contributed by atoms with Crippen LogP contribution in [0.5, 0.6) is 0 Å². The van der Waals surface area contributed by atoms with E-state index in [1.807, 2.05) is 32.3 Å². The minimum Gasteiger partial charge on any atom is -0.348 e. The molecule has 1 heterocycles. The predicted molar refractivity (Wildman–Crippen MR) is 73.3 cm³/mol. The normalized spacial score (nSPS) is 10.4. The number of aryl methyl sites for hydroxylation is 2. The van der Waals surface area contributed by atoms with Crippen molar-refractivity contribution in [1.82, 2.24) is 15.1 Å². The van der Waals surface area contributed by atoms with E-state index in [2.05, 4.69) is 26.3 Å². The summed E-state index contributed by atoms with van der Waals surface area (Å²) in [5.41, 5.74) is 2.70. The SMILES string of the molecule is Cc1cc(C(=O)NCc2cnn(C)c2)ccc1Br. The second kappa shape index (κ2) is 5.35. The number of amides is 1. The highest BCUT2D eigenvalue weighted by Gasteiger charge is 2.07. The first-order chi connectivity index (χ1) is 8.56.